The lowest BCUT2D eigenvalue weighted by atomic mass is 10.1. The molecule has 5 aromatic rings. The Labute approximate surface area is 202 Å². The van der Waals surface area contributed by atoms with Gasteiger partial charge in [-0.05, 0) is 53.6 Å². The van der Waals surface area contributed by atoms with Crippen molar-refractivity contribution in [3.8, 4) is 11.5 Å². The van der Waals surface area contributed by atoms with E-state index in [2.05, 4.69) is 49.9 Å². The molecule has 0 aliphatic rings. The first kappa shape index (κ1) is 22.0. The summed E-state index contributed by atoms with van der Waals surface area (Å²) >= 11 is 0. The number of benzene rings is 3. The second-order valence-electron chi connectivity index (χ2n) is 7.78. The lowest BCUT2D eigenvalue weighted by Crippen LogP contribution is -1.98. The Morgan fingerprint density at radius 1 is 0.800 bits per heavy atom. The summed E-state index contributed by atoms with van der Waals surface area (Å²) in [6.07, 6.45) is 8.13. The molecule has 0 aliphatic carbocycles. The molecule has 35 heavy (non-hydrogen) atoms. The number of nitrogens with one attached hydrogen (secondary N) is 1. The maximum Gasteiger partial charge on any atom is 0.178 e. The summed E-state index contributed by atoms with van der Waals surface area (Å²) in [4.78, 5) is 4.67. The number of aromatic amines is 1. The number of tetrazole rings is 1. The number of aromatic nitrogens is 5. The third-order valence-electron chi connectivity index (χ3n) is 5.24. The maximum atomic E-state index is 5.99. The van der Waals surface area contributed by atoms with E-state index in [1.165, 1.54) is 0 Å². The highest BCUT2D eigenvalue weighted by Gasteiger charge is 2.01. The van der Waals surface area contributed by atoms with Gasteiger partial charge in [-0.3, -0.25) is 0 Å². The van der Waals surface area contributed by atoms with Gasteiger partial charge < -0.3 is 9.47 Å². The molecule has 0 radical (unpaired) electrons. The zero-order valence-electron chi connectivity index (χ0n) is 18.9. The Bertz CT molecular complexity index is 1440. The Morgan fingerprint density at radius 2 is 1.69 bits per heavy atom. The van der Waals surface area contributed by atoms with Crippen molar-refractivity contribution in [2.75, 3.05) is 0 Å². The molecule has 5 rings (SSSR count). The van der Waals surface area contributed by atoms with Crippen LogP contribution < -0.4 is 9.47 Å². The van der Waals surface area contributed by atoms with Crippen LogP contribution in [0.2, 0.25) is 0 Å². The van der Waals surface area contributed by atoms with E-state index in [4.69, 9.17) is 9.47 Å². The van der Waals surface area contributed by atoms with Crippen LogP contribution in [0, 0.1) is 0 Å². The molecule has 2 aromatic heterocycles. The molecule has 7 nitrogen and oxygen atoms in total. The van der Waals surface area contributed by atoms with Gasteiger partial charge in [-0.15, -0.1) is 10.2 Å². The van der Waals surface area contributed by atoms with Crippen molar-refractivity contribution < 1.29 is 9.47 Å². The van der Waals surface area contributed by atoms with Crippen LogP contribution in [0.3, 0.4) is 0 Å². The number of nitrogens with zero attached hydrogens (tertiary/aromatic N) is 4. The molecule has 0 unspecified atom stereocenters. The summed E-state index contributed by atoms with van der Waals surface area (Å²) in [7, 11) is 0. The van der Waals surface area contributed by atoms with Crippen LogP contribution in [-0.2, 0) is 13.0 Å². The van der Waals surface area contributed by atoms with Crippen LogP contribution in [0.15, 0.2) is 97.3 Å². The van der Waals surface area contributed by atoms with Gasteiger partial charge >= 0.3 is 0 Å². The van der Waals surface area contributed by atoms with Crippen LogP contribution in [0.1, 0.15) is 22.6 Å². The molecule has 0 aliphatic heterocycles. The number of hydrogen-bond acceptors (Lipinski definition) is 6. The average Bonchev–Trinajstić information content (AvgIpc) is 3.43. The normalized spacial score (nSPS) is 11.4. The molecule has 0 spiro atoms. The summed E-state index contributed by atoms with van der Waals surface area (Å²) in [6.45, 7) is 0.420. The van der Waals surface area contributed by atoms with Crippen molar-refractivity contribution >= 4 is 23.1 Å². The highest BCUT2D eigenvalue weighted by Crippen LogP contribution is 2.19. The zero-order valence-corrected chi connectivity index (χ0v) is 18.9. The number of ether oxygens (including phenoxy) is 2. The number of rotatable bonds is 9. The number of hydrogen-bond donors (Lipinski definition) is 1. The Hall–Kier alpha value is -4.78. The Morgan fingerprint density at radius 3 is 2.57 bits per heavy atom. The number of pyridine rings is 1. The van der Waals surface area contributed by atoms with Crippen molar-refractivity contribution in [1.82, 2.24) is 25.6 Å². The van der Waals surface area contributed by atoms with E-state index < -0.39 is 0 Å². The second-order valence-corrected chi connectivity index (χ2v) is 7.78. The molecule has 3 aromatic carbocycles. The molecule has 0 amide bonds. The smallest absolute Gasteiger partial charge is 0.178 e. The second kappa shape index (κ2) is 10.9. The lowest BCUT2D eigenvalue weighted by Gasteiger charge is -2.07. The van der Waals surface area contributed by atoms with Crippen molar-refractivity contribution in [1.29, 1.82) is 0 Å². The van der Waals surface area contributed by atoms with E-state index in [0.717, 1.165) is 39.2 Å². The summed E-state index contributed by atoms with van der Waals surface area (Å²) in [5.41, 5.74) is 4.00. The molecule has 172 valence electrons. The Kier molecular flexibility index (Phi) is 6.86. The number of para-hydroxylation sites is 1. The topological polar surface area (TPSA) is 85.8 Å². The highest BCUT2D eigenvalue weighted by molar-refractivity contribution is 5.78. The third-order valence-corrected chi connectivity index (χ3v) is 5.24. The van der Waals surface area contributed by atoms with Crippen molar-refractivity contribution in [3.63, 3.8) is 0 Å². The van der Waals surface area contributed by atoms with Gasteiger partial charge in [-0.2, -0.15) is 5.21 Å². The quantitative estimate of drug-likeness (QED) is 0.226. The number of allylic oxidation sites excluding steroid dienone is 1. The van der Waals surface area contributed by atoms with Gasteiger partial charge in [-0.1, -0.05) is 65.9 Å². The first-order chi connectivity index (χ1) is 17.3. The highest BCUT2D eigenvalue weighted by atomic mass is 16.5. The standard InChI is InChI=1S/C28H23N5O2/c1-2-8-27-23(6-1)14-15-24(29-27)20-35-26-7-3-5-22(19-26)11-10-21-12-16-25(17-13-21)34-18-4-9-28-30-32-33-31-28/h1-8,10-19H,9,20H2,(H,30,31,32,33). The van der Waals surface area contributed by atoms with Gasteiger partial charge in [0.1, 0.15) is 18.1 Å². The summed E-state index contributed by atoms with van der Waals surface area (Å²) in [6, 6.07) is 28.0. The van der Waals surface area contributed by atoms with E-state index in [1.54, 1.807) is 6.26 Å². The van der Waals surface area contributed by atoms with E-state index in [-0.39, 0.29) is 0 Å². The van der Waals surface area contributed by atoms with E-state index >= 15 is 0 Å². The first-order valence-electron chi connectivity index (χ1n) is 11.2. The van der Waals surface area contributed by atoms with E-state index in [1.807, 2.05) is 78.9 Å². The largest absolute Gasteiger partial charge is 0.487 e. The molecule has 2 heterocycles. The van der Waals surface area contributed by atoms with Gasteiger partial charge in [0.2, 0.25) is 0 Å². The predicted molar refractivity (Wildman–Crippen MR) is 136 cm³/mol. The van der Waals surface area contributed by atoms with Crippen LogP contribution in [-0.4, -0.2) is 25.6 Å². The van der Waals surface area contributed by atoms with Gasteiger partial charge in [0, 0.05) is 11.8 Å². The van der Waals surface area contributed by atoms with Crippen LogP contribution in [0.25, 0.3) is 23.1 Å². The van der Waals surface area contributed by atoms with E-state index in [9.17, 15) is 0 Å². The molecule has 0 saturated carbocycles. The fourth-order valence-corrected chi connectivity index (χ4v) is 3.45. The van der Waals surface area contributed by atoms with Crippen LogP contribution >= 0.6 is 0 Å². The molecular formula is C28H23N5O2. The molecule has 1 N–H and O–H groups in total. The van der Waals surface area contributed by atoms with Gasteiger partial charge in [0.05, 0.1) is 17.5 Å². The van der Waals surface area contributed by atoms with Gasteiger partial charge in [-0.25, -0.2) is 4.98 Å². The van der Waals surface area contributed by atoms with Gasteiger partial charge in [0.25, 0.3) is 0 Å². The molecule has 0 saturated heterocycles. The maximum absolute atomic E-state index is 5.99. The van der Waals surface area contributed by atoms with Crippen LogP contribution in [0.5, 0.6) is 11.5 Å². The first-order valence-corrected chi connectivity index (χ1v) is 11.2. The fraction of sp³-hybridized carbons (Fsp3) is 0.0714. The molecule has 7 heteroatoms. The lowest BCUT2D eigenvalue weighted by molar-refractivity contribution is 0.302. The predicted octanol–water partition coefficient (Wildman–Crippen LogP) is 5.63. The van der Waals surface area contributed by atoms with Crippen molar-refractivity contribution in [2.45, 2.75) is 13.0 Å². The minimum atomic E-state index is 0.420. The fourth-order valence-electron chi connectivity index (χ4n) is 3.45. The average molecular weight is 462 g/mol. The summed E-state index contributed by atoms with van der Waals surface area (Å²) in [5.74, 6) is 2.17. The van der Waals surface area contributed by atoms with E-state index in [0.29, 0.717) is 18.9 Å². The van der Waals surface area contributed by atoms with Crippen molar-refractivity contribution in [3.05, 3.63) is 120 Å². The Balaban J connectivity index is 1.15. The number of H-pyrrole nitrogens is 1. The third kappa shape index (κ3) is 6.17. The molecular weight excluding hydrogens is 438 g/mol. The van der Waals surface area contributed by atoms with Crippen molar-refractivity contribution in [2.24, 2.45) is 0 Å². The molecule has 0 atom stereocenters. The zero-order chi connectivity index (χ0) is 23.7. The number of fused-ring (bicyclic) bond motifs is 1. The summed E-state index contributed by atoms with van der Waals surface area (Å²) in [5, 5.41) is 14.8. The summed E-state index contributed by atoms with van der Waals surface area (Å²) < 4.78 is 11.6. The van der Waals surface area contributed by atoms with Gasteiger partial charge in [0.15, 0.2) is 5.82 Å². The molecule has 0 fully saturated rings. The monoisotopic (exact) mass is 461 g/mol. The van der Waals surface area contributed by atoms with Crippen LogP contribution in [0.4, 0.5) is 0 Å². The minimum absolute atomic E-state index is 0.420. The molecule has 0 bridgehead atoms. The minimum Gasteiger partial charge on any atom is -0.487 e. The SMILES string of the molecule is C(=COc1ccc(C=Cc2cccc(OCc3ccc4ccccc4n3)c2)cc1)Cc1nn[nH]n1.